The first kappa shape index (κ1) is 13.6. The van der Waals surface area contributed by atoms with Gasteiger partial charge in [0.05, 0.1) is 17.6 Å². The van der Waals surface area contributed by atoms with Crippen LogP contribution < -0.4 is 5.32 Å². The Labute approximate surface area is 120 Å². The van der Waals surface area contributed by atoms with Crippen LogP contribution in [0, 0.1) is 0 Å². The van der Waals surface area contributed by atoms with Gasteiger partial charge >= 0.3 is 0 Å². The van der Waals surface area contributed by atoms with Gasteiger partial charge in [-0.05, 0) is 45.0 Å². The van der Waals surface area contributed by atoms with Crippen LogP contribution in [0.5, 0.6) is 0 Å². The second-order valence-corrected chi connectivity index (χ2v) is 5.87. The molecule has 1 saturated heterocycles. The molecule has 2 aromatic rings. The van der Waals surface area contributed by atoms with Gasteiger partial charge in [-0.25, -0.2) is 4.98 Å². The summed E-state index contributed by atoms with van der Waals surface area (Å²) in [6, 6.07) is 8.82. The van der Waals surface area contributed by atoms with E-state index in [1.165, 1.54) is 31.4 Å². The minimum Gasteiger partial charge on any atom is -0.330 e. The largest absolute Gasteiger partial charge is 0.330 e. The molecule has 108 valence electrons. The number of rotatable bonds is 5. The van der Waals surface area contributed by atoms with E-state index in [4.69, 9.17) is 4.98 Å². The van der Waals surface area contributed by atoms with Crippen LogP contribution in [-0.4, -0.2) is 40.1 Å². The van der Waals surface area contributed by atoms with Crippen LogP contribution in [0.25, 0.3) is 11.0 Å². The second-order valence-electron chi connectivity index (χ2n) is 5.87. The van der Waals surface area contributed by atoms with Crippen LogP contribution in [-0.2, 0) is 13.6 Å². The number of aryl methyl sites for hydroxylation is 1. The summed E-state index contributed by atoms with van der Waals surface area (Å²) in [7, 11) is 2.09. The maximum absolute atomic E-state index is 4.70. The molecular formula is C16H24N4. The van der Waals surface area contributed by atoms with Crippen molar-refractivity contribution in [1.82, 2.24) is 19.8 Å². The third-order valence-corrected chi connectivity index (χ3v) is 4.22. The monoisotopic (exact) mass is 272 g/mol. The molecule has 1 atom stereocenters. The predicted octanol–water partition coefficient (Wildman–Crippen LogP) is 2.15. The van der Waals surface area contributed by atoms with Gasteiger partial charge in [0.25, 0.3) is 0 Å². The van der Waals surface area contributed by atoms with Gasteiger partial charge in [-0.15, -0.1) is 0 Å². The van der Waals surface area contributed by atoms with Crippen molar-refractivity contribution >= 4 is 11.0 Å². The molecule has 0 aliphatic carbocycles. The Hall–Kier alpha value is -1.39. The van der Waals surface area contributed by atoms with E-state index in [0.717, 1.165) is 24.4 Å². The molecule has 20 heavy (non-hydrogen) atoms. The average Bonchev–Trinajstić information content (AvgIpc) is 3.06. The van der Waals surface area contributed by atoms with E-state index in [1.54, 1.807) is 0 Å². The summed E-state index contributed by atoms with van der Waals surface area (Å²) in [6.07, 6.45) is 2.72. The zero-order valence-corrected chi connectivity index (χ0v) is 12.5. The van der Waals surface area contributed by atoms with Crippen LogP contribution in [0.1, 0.15) is 25.6 Å². The van der Waals surface area contributed by atoms with Crippen molar-refractivity contribution in [3.05, 3.63) is 30.1 Å². The summed E-state index contributed by atoms with van der Waals surface area (Å²) in [5.41, 5.74) is 2.29. The normalized spacial score (nSPS) is 17.9. The van der Waals surface area contributed by atoms with Crippen molar-refractivity contribution in [3.63, 3.8) is 0 Å². The molecule has 0 amide bonds. The number of nitrogens with one attached hydrogen (secondary N) is 1. The van der Waals surface area contributed by atoms with Gasteiger partial charge in [0.2, 0.25) is 0 Å². The minimum atomic E-state index is 0.507. The standard InChI is InChI=1S/C16H24N4/c1-13(12-20-9-5-6-10-20)17-11-16-18-14-7-3-4-8-15(14)19(16)2/h3-4,7-8,13,17H,5-6,9-12H2,1-2H3. The third kappa shape index (κ3) is 2.86. The number of fused-ring (bicyclic) bond motifs is 1. The minimum absolute atomic E-state index is 0.507. The van der Waals surface area contributed by atoms with Gasteiger partial charge in [0, 0.05) is 19.6 Å². The Balaban J connectivity index is 1.60. The third-order valence-electron chi connectivity index (χ3n) is 4.22. The molecule has 1 aromatic heterocycles. The van der Waals surface area contributed by atoms with Crippen molar-refractivity contribution < 1.29 is 0 Å². The van der Waals surface area contributed by atoms with Crippen molar-refractivity contribution in [3.8, 4) is 0 Å². The van der Waals surface area contributed by atoms with Crippen molar-refractivity contribution in [1.29, 1.82) is 0 Å². The van der Waals surface area contributed by atoms with E-state index in [9.17, 15) is 0 Å². The lowest BCUT2D eigenvalue weighted by atomic mass is 10.3. The molecule has 4 heteroatoms. The second kappa shape index (κ2) is 5.94. The van der Waals surface area contributed by atoms with Gasteiger partial charge in [0.1, 0.15) is 5.82 Å². The number of para-hydroxylation sites is 2. The van der Waals surface area contributed by atoms with Gasteiger partial charge in [-0.3, -0.25) is 0 Å². The first-order valence-electron chi connectivity index (χ1n) is 7.60. The number of nitrogens with zero attached hydrogens (tertiary/aromatic N) is 3. The van der Waals surface area contributed by atoms with Crippen molar-refractivity contribution in [2.45, 2.75) is 32.4 Å². The molecule has 1 aliphatic heterocycles. The fourth-order valence-electron chi connectivity index (χ4n) is 3.04. The Bertz CT molecular complexity index is 569. The molecule has 0 saturated carbocycles. The summed E-state index contributed by atoms with van der Waals surface area (Å²) < 4.78 is 2.19. The Morgan fingerprint density at radius 3 is 2.75 bits per heavy atom. The fraction of sp³-hybridized carbons (Fsp3) is 0.562. The molecule has 0 spiro atoms. The lowest BCUT2D eigenvalue weighted by Gasteiger charge is -2.21. The van der Waals surface area contributed by atoms with E-state index in [2.05, 4.69) is 47.0 Å². The Kier molecular flexibility index (Phi) is 4.03. The Morgan fingerprint density at radius 1 is 1.25 bits per heavy atom. The topological polar surface area (TPSA) is 33.1 Å². The molecule has 1 unspecified atom stereocenters. The SMILES string of the molecule is CC(CN1CCCC1)NCc1nc2ccccc2n1C. The molecule has 1 fully saturated rings. The van der Waals surface area contributed by atoms with Crippen LogP contribution in [0.3, 0.4) is 0 Å². The molecule has 1 aromatic carbocycles. The maximum Gasteiger partial charge on any atom is 0.123 e. The molecule has 4 nitrogen and oxygen atoms in total. The van der Waals surface area contributed by atoms with E-state index in [1.807, 2.05) is 6.07 Å². The lowest BCUT2D eigenvalue weighted by molar-refractivity contribution is 0.297. The fourth-order valence-corrected chi connectivity index (χ4v) is 3.04. The highest BCUT2D eigenvalue weighted by Gasteiger charge is 2.15. The lowest BCUT2D eigenvalue weighted by Crippen LogP contribution is -2.37. The van der Waals surface area contributed by atoms with E-state index >= 15 is 0 Å². The average molecular weight is 272 g/mol. The van der Waals surface area contributed by atoms with E-state index < -0.39 is 0 Å². The first-order valence-corrected chi connectivity index (χ1v) is 7.60. The van der Waals surface area contributed by atoms with Gasteiger partial charge in [0.15, 0.2) is 0 Å². The van der Waals surface area contributed by atoms with Crippen LogP contribution in [0.2, 0.25) is 0 Å². The maximum atomic E-state index is 4.70. The van der Waals surface area contributed by atoms with E-state index in [-0.39, 0.29) is 0 Å². The highest BCUT2D eigenvalue weighted by molar-refractivity contribution is 5.75. The zero-order valence-electron chi connectivity index (χ0n) is 12.5. The molecular weight excluding hydrogens is 248 g/mol. The summed E-state index contributed by atoms with van der Waals surface area (Å²) in [6.45, 7) is 6.77. The highest BCUT2D eigenvalue weighted by atomic mass is 15.2. The van der Waals surface area contributed by atoms with Gasteiger partial charge < -0.3 is 14.8 Å². The van der Waals surface area contributed by atoms with E-state index in [0.29, 0.717) is 6.04 Å². The number of aromatic nitrogens is 2. The van der Waals surface area contributed by atoms with Crippen LogP contribution >= 0.6 is 0 Å². The number of imidazole rings is 1. The van der Waals surface area contributed by atoms with Crippen molar-refractivity contribution in [2.24, 2.45) is 7.05 Å². The van der Waals surface area contributed by atoms with Gasteiger partial charge in [-0.2, -0.15) is 0 Å². The number of likely N-dealkylation sites (tertiary alicyclic amines) is 1. The summed E-state index contributed by atoms with van der Waals surface area (Å²) in [4.78, 5) is 7.25. The first-order chi connectivity index (χ1) is 9.74. The number of benzene rings is 1. The molecule has 0 radical (unpaired) electrons. The molecule has 1 N–H and O–H groups in total. The molecule has 1 aliphatic rings. The summed E-state index contributed by atoms with van der Waals surface area (Å²) in [5.74, 6) is 1.11. The van der Waals surface area contributed by atoms with Gasteiger partial charge in [-0.1, -0.05) is 12.1 Å². The zero-order chi connectivity index (χ0) is 13.9. The molecule has 0 bridgehead atoms. The smallest absolute Gasteiger partial charge is 0.123 e. The molecule has 3 rings (SSSR count). The Morgan fingerprint density at radius 2 is 2.00 bits per heavy atom. The summed E-state index contributed by atoms with van der Waals surface area (Å²) >= 11 is 0. The summed E-state index contributed by atoms with van der Waals surface area (Å²) in [5, 5.41) is 3.60. The number of hydrogen-bond donors (Lipinski definition) is 1. The van der Waals surface area contributed by atoms with Crippen molar-refractivity contribution in [2.75, 3.05) is 19.6 Å². The van der Waals surface area contributed by atoms with Crippen LogP contribution in [0.15, 0.2) is 24.3 Å². The predicted molar refractivity (Wildman–Crippen MR) is 82.7 cm³/mol. The highest BCUT2D eigenvalue weighted by Crippen LogP contribution is 2.14. The van der Waals surface area contributed by atoms with Crippen LogP contribution in [0.4, 0.5) is 0 Å². The quantitative estimate of drug-likeness (QED) is 0.905. The molecule has 2 heterocycles. The number of hydrogen-bond acceptors (Lipinski definition) is 3.